The summed E-state index contributed by atoms with van der Waals surface area (Å²) >= 11 is 0. The fourth-order valence-corrected chi connectivity index (χ4v) is 0.784. The van der Waals surface area contributed by atoms with Gasteiger partial charge in [0.2, 0.25) is 0 Å². The number of hydrogen-bond acceptors (Lipinski definition) is 1. The van der Waals surface area contributed by atoms with Crippen LogP contribution in [0.4, 0.5) is 13.2 Å². The van der Waals surface area contributed by atoms with Gasteiger partial charge < -0.3 is 0 Å². The predicted molar refractivity (Wildman–Crippen MR) is 43.1 cm³/mol. The topological polar surface area (TPSA) is 12.4 Å². The molecule has 0 aromatic heterocycles. The Balaban J connectivity index is 4.84. The van der Waals surface area contributed by atoms with Gasteiger partial charge in [-0.1, -0.05) is 12.7 Å². The van der Waals surface area contributed by atoms with Crippen LogP contribution in [0.2, 0.25) is 0 Å². The molecule has 0 radical (unpaired) electrons. The van der Waals surface area contributed by atoms with Crippen molar-refractivity contribution >= 4 is 5.71 Å². The monoisotopic (exact) mass is 177 g/mol. The van der Waals surface area contributed by atoms with Gasteiger partial charge in [0.1, 0.15) is 0 Å². The summed E-state index contributed by atoms with van der Waals surface area (Å²) in [5, 5.41) is 0. The second kappa shape index (κ2) is 4.09. The summed E-state index contributed by atoms with van der Waals surface area (Å²) in [6, 6.07) is 0. The molecule has 0 saturated carbocycles. The van der Waals surface area contributed by atoms with Gasteiger partial charge in [-0.2, -0.15) is 13.2 Å². The van der Waals surface area contributed by atoms with Crippen LogP contribution in [-0.2, 0) is 0 Å². The Kier molecular flexibility index (Phi) is 3.73. The molecule has 0 aromatic carbocycles. The van der Waals surface area contributed by atoms with Gasteiger partial charge in [-0.25, -0.2) is 0 Å². The van der Waals surface area contributed by atoms with E-state index in [4.69, 9.17) is 0 Å². The molecule has 12 heavy (non-hydrogen) atoms. The van der Waals surface area contributed by atoms with E-state index in [1.807, 2.05) is 0 Å². The Labute approximate surface area is 69.3 Å². The molecule has 0 unspecified atom stereocenters. The molecule has 1 nitrogen and oxygen atoms in total. The third kappa shape index (κ3) is 2.90. The van der Waals surface area contributed by atoms with E-state index in [9.17, 15) is 13.2 Å². The SMILES string of the molecule is C=CN=C(C)/C(=C\C)C(F)(F)F. The van der Waals surface area contributed by atoms with Crippen molar-refractivity contribution in [3.63, 3.8) is 0 Å². The quantitative estimate of drug-likeness (QED) is 0.574. The van der Waals surface area contributed by atoms with E-state index in [0.717, 1.165) is 12.3 Å². The van der Waals surface area contributed by atoms with Crippen LogP contribution in [0.5, 0.6) is 0 Å². The predicted octanol–water partition coefficient (Wildman–Crippen LogP) is 3.10. The first-order valence-electron chi connectivity index (χ1n) is 3.32. The highest BCUT2D eigenvalue weighted by Gasteiger charge is 2.34. The van der Waals surface area contributed by atoms with E-state index < -0.39 is 11.7 Å². The van der Waals surface area contributed by atoms with Crippen LogP contribution in [0.15, 0.2) is 29.4 Å². The average Bonchev–Trinajstić information content (AvgIpc) is 1.85. The summed E-state index contributed by atoms with van der Waals surface area (Å²) in [6.07, 6.45) is -2.25. The Morgan fingerprint density at radius 3 is 2.17 bits per heavy atom. The minimum absolute atomic E-state index is 0.0694. The standard InChI is InChI=1S/C8H10F3N/c1-4-7(8(9,10)11)6(3)12-5-2/h4-5H,2H2,1,3H3/b7-4+,12-6?. The van der Waals surface area contributed by atoms with Gasteiger partial charge in [0.25, 0.3) is 0 Å². The molecular formula is C8H10F3N. The molecule has 0 atom stereocenters. The minimum Gasteiger partial charge on any atom is -0.262 e. The van der Waals surface area contributed by atoms with E-state index in [1.54, 1.807) is 0 Å². The van der Waals surface area contributed by atoms with Crippen molar-refractivity contribution in [2.45, 2.75) is 20.0 Å². The van der Waals surface area contributed by atoms with E-state index in [1.165, 1.54) is 13.8 Å². The van der Waals surface area contributed by atoms with Gasteiger partial charge in [0, 0.05) is 11.9 Å². The third-order valence-corrected chi connectivity index (χ3v) is 1.27. The second-order valence-corrected chi connectivity index (χ2v) is 2.10. The number of nitrogens with zero attached hydrogens (tertiary/aromatic N) is 1. The minimum atomic E-state index is -4.33. The maximum Gasteiger partial charge on any atom is 0.417 e. The second-order valence-electron chi connectivity index (χ2n) is 2.10. The molecular weight excluding hydrogens is 167 g/mol. The Morgan fingerprint density at radius 1 is 1.42 bits per heavy atom. The van der Waals surface area contributed by atoms with Crippen molar-refractivity contribution in [1.29, 1.82) is 0 Å². The summed E-state index contributed by atoms with van der Waals surface area (Å²) in [4.78, 5) is 3.45. The molecule has 0 fully saturated rings. The molecule has 0 amide bonds. The zero-order valence-electron chi connectivity index (χ0n) is 6.94. The van der Waals surface area contributed by atoms with Gasteiger partial charge >= 0.3 is 6.18 Å². The summed E-state index contributed by atoms with van der Waals surface area (Å²) < 4.78 is 36.3. The highest BCUT2D eigenvalue weighted by Crippen LogP contribution is 2.26. The fourth-order valence-electron chi connectivity index (χ4n) is 0.784. The van der Waals surface area contributed by atoms with Gasteiger partial charge in [0.05, 0.1) is 5.57 Å². The number of aliphatic imine (C=N–C) groups is 1. The number of rotatable bonds is 2. The van der Waals surface area contributed by atoms with Crippen LogP contribution >= 0.6 is 0 Å². The van der Waals surface area contributed by atoms with E-state index in [-0.39, 0.29) is 5.71 Å². The fraction of sp³-hybridized carbons (Fsp3) is 0.375. The first-order chi connectivity index (χ1) is 5.43. The Hall–Kier alpha value is -1.06. The lowest BCUT2D eigenvalue weighted by molar-refractivity contribution is -0.0862. The Bertz CT molecular complexity index is 223. The molecule has 0 aromatic rings. The van der Waals surface area contributed by atoms with E-state index in [2.05, 4.69) is 11.6 Å². The molecule has 0 N–H and O–H groups in total. The van der Waals surface area contributed by atoms with E-state index in [0.29, 0.717) is 0 Å². The van der Waals surface area contributed by atoms with Crippen LogP contribution in [-0.4, -0.2) is 11.9 Å². The molecule has 0 aliphatic heterocycles. The lowest BCUT2D eigenvalue weighted by Crippen LogP contribution is -2.17. The molecule has 0 heterocycles. The normalized spacial score (nSPS) is 14.8. The van der Waals surface area contributed by atoms with Crippen LogP contribution in [0, 0.1) is 0 Å². The highest BCUT2D eigenvalue weighted by atomic mass is 19.4. The summed E-state index contributed by atoms with van der Waals surface area (Å²) in [5.74, 6) is 0. The van der Waals surface area contributed by atoms with Crippen LogP contribution in [0.1, 0.15) is 13.8 Å². The molecule has 0 aliphatic rings. The maximum absolute atomic E-state index is 12.1. The molecule has 0 spiro atoms. The zero-order chi connectivity index (χ0) is 9.78. The van der Waals surface area contributed by atoms with Gasteiger partial charge in [-0.15, -0.1) is 0 Å². The van der Waals surface area contributed by atoms with Crippen LogP contribution < -0.4 is 0 Å². The summed E-state index contributed by atoms with van der Waals surface area (Å²) in [6.45, 7) is 5.84. The number of allylic oxidation sites excluding steroid dienone is 2. The molecule has 0 aliphatic carbocycles. The van der Waals surface area contributed by atoms with Crippen molar-refractivity contribution in [2.24, 2.45) is 4.99 Å². The van der Waals surface area contributed by atoms with Gasteiger partial charge in [-0.05, 0) is 13.8 Å². The zero-order valence-corrected chi connectivity index (χ0v) is 6.94. The average molecular weight is 177 g/mol. The largest absolute Gasteiger partial charge is 0.417 e. The maximum atomic E-state index is 12.1. The lowest BCUT2D eigenvalue weighted by Gasteiger charge is -2.09. The third-order valence-electron chi connectivity index (χ3n) is 1.27. The van der Waals surface area contributed by atoms with Gasteiger partial charge in [0.15, 0.2) is 0 Å². The molecule has 0 saturated heterocycles. The number of hydrogen-bond donors (Lipinski definition) is 0. The number of alkyl halides is 3. The lowest BCUT2D eigenvalue weighted by atomic mass is 10.1. The Morgan fingerprint density at radius 2 is 1.92 bits per heavy atom. The van der Waals surface area contributed by atoms with Crippen molar-refractivity contribution in [3.05, 3.63) is 24.4 Å². The van der Waals surface area contributed by atoms with Crippen LogP contribution in [0.3, 0.4) is 0 Å². The van der Waals surface area contributed by atoms with Crippen molar-refractivity contribution in [2.75, 3.05) is 0 Å². The summed E-state index contributed by atoms with van der Waals surface area (Å²) in [5.41, 5.74) is -0.789. The summed E-state index contributed by atoms with van der Waals surface area (Å²) in [7, 11) is 0. The molecule has 4 heteroatoms. The van der Waals surface area contributed by atoms with Gasteiger partial charge in [-0.3, -0.25) is 4.99 Å². The molecule has 0 bridgehead atoms. The van der Waals surface area contributed by atoms with Crippen molar-refractivity contribution in [3.8, 4) is 0 Å². The van der Waals surface area contributed by atoms with E-state index >= 15 is 0 Å². The molecule has 0 rings (SSSR count). The van der Waals surface area contributed by atoms with Crippen molar-refractivity contribution in [1.82, 2.24) is 0 Å². The smallest absolute Gasteiger partial charge is 0.262 e. The number of halogens is 3. The van der Waals surface area contributed by atoms with Crippen LogP contribution in [0.25, 0.3) is 0 Å². The highest BCUT2D eigenvalue weighted by molar-refractivity contribution is 5.99. The van der Waals surface area contributed by atoms with Crippen molar-refractivity contribution < 1.29 is 13.2 Å². The first-order valence-corrected chi connectivity index (χ1v) is 3.32. The molecule has 68 valence electrons. The first kappa shape index (κ1) is 10.9.